The number of rotatable bonds is 11. The summed E-state index contributed by atoms with van der Waals surface area (Å²) in [6, 6.07) is 16.7. The number of nitrogens with one attached hydrogen (secondary N) is 3. The second-order valence-electron chi connectivity index (χ2n) is 8.08. The van der Waals surface area contributed by atoms with Gasteiger partial charge >= 0.3 is 5.97 Å². The van der Waals surface area contributed by atoms with Gasteiger partial charge in [0.05, 0.1) is 11.7 Å². The monoisotopic (exact) mass is 510 g/mol. The Hall–Kier alpha value is -4.24. The summed E-state index contributed by atoms with van der Waals surface area (Å²) < 4.78 is 11.3. The first-order chi connectivity index (χ1) is 17.1. The number of hydrogen-bond acceptors (Lipinski definition) is 6. The molecular formula is C26H27ClN4O5. The van der Waals surface area contributed by atoms with Gasteiger partial charge in [-0.15, -0.1) is 0 Å². The van der Waals surface area contributed by atoms with Gasteiger partial charge in [-0.1, -0.05) is 23.7 Å². The van der Waals surface area contributed by atoms with Crippen molar-refractivity contribution in [2.75, 3.05) is 17.2 Å². The molecule has 0 unspecified atom stereocenters. The number of halogens is 1. The Morgan fingerprint density at radius 1 is 1.11 bits per heavy atom. The zero-order valence-electron chi connectivity index (χ0n) is 19.8. The van der Waals surface area contributed by atoms with Gasteiger partial charge in [0.25, 0.3) is 5.91 Å². The molecule has 6 N–H and O–H groups in total. The van der Waals surface area contributed by atoms with Crippen LogP contribution in [0.3, 0.4) is 0 Å². The fourth-order valence-corrected chi connectivity index (χ4v) is 3.50. The Morgan fingerprint density at radius 3 is 2.47 bits per heavy atom. The molecule has 3 aromatic rings. The molecule has 3 rings (SSSR count). The number of carboxylic acids is 1. The van der Waals surface area contributed by atoms with Crippen LogP contribution in [0.1, 0.15) is 35.3 Å². The number of carboxylic acid groups (broad SMARTS) is 1. The topological polar surface area (TPSA) is 147 Å². The van der Waals surface area contributed by atoms with Gasteiger partial charge in [-0.2, -0.15) is 0 Å². The Morgan fingerprint density at radius 2 is 1.83 bits per heavy atom. The molecule has 0 atom stereocenters. The minimum Gasteiger partial charge on any atom is -0.487 e. The number of carbonyl (C=O) groups excluding carboxylic acids is 1. The highest BCUT2D eigenvalue weighted by Gasteiger charge is 2.17. The molecule has 0 aliphatic rings. The van der Waals surface area contributed by atoms with Gasteiger partial charge < -0.3 is 30.9 Å². The van der Waals surface area contributed by atoms with E-state index in [0.29, 0.717) is 44.6 Å². The highest BCUT2D eigenvalue weighted by atomic mass is 35.5. The van der Waals surface area contributed by atoms with Crippen LogP contribution >= 0.6 is 11.6 Å². The number of benzene rings is 3. The van der Waals surface area contributed by atoms with Crippen molar-refractivity contribution in [2.24, 2.45) is 5.73 Å². The molecule has 0 spiro atoms. The lowest BCUT2D eigenvalue weighted by Gasteiger charge is -2.19. The SMILES string of the molecule is CC(C)Oc1cccc(CNc2ccc(Cl)cc2C(=O)Nc2ccc(C(=N)N)cc2)c1OCC(=O)O. The van der Waals surface area contributed by atoms with Crippen molar-refractivity contribution < 1.29 is 24.2 Å². The number of nitrogens with two attached hydrogens (primary N) is 1. The summed E-state index contributed by atoms with van der Waals surface area (Å²) in [6.07, 6.45) is -0.142. The van der Waals surface area contributed by atoms with Gasteiger partial charge in [0.2, 0.25) is 0 Å². The highest BCUT2D eigenvalue weighted by molar-refractivity contribution is 6.31. The lowest BCUT2D eigenvalue weighted by atomic mass is 10.1. The summed E-state index contributed by atoms with van der Waals surface area (Å²) in [7, 11) is 0. The Balaban J connectivity index is 1.83. The molecule has 1 amide bonds. The summed E-state index contributed by atoms with van der Waals surface area (Å²) in [5.74, 6) is -0.833. The summed E-state index contributed by atoms with van der Waals surface area (Å²) >= 11 is 6.16. The Kier molecular flexibility index (Phi) is 8.75. The third-order valence-electron chi connectivity index (χ3n) is 4.91. The zero-order chi connectivity index (χ0) is 26.2. The smallest absolute Gasteiger partial charge is 0.341 e. The van der Waals surface area contributed by atoms with E-state index in [1.165, 1.54) is 0 Å². The first-order valence-electron chi connectivity index (χ1n) is 11.1. The van der Waals surface area contributed by atoms with Gasteiger partial charge in [-0.25, -0.2) is 4.79 Å². The number of amides is 1. The van der Waals surface area contributed by atoms with Crippen molar-refractivity contribution in [3.05, 3.63) is 82.4 Å². The average molecular weight is 511 g/mol. The molecule has 9 nitrogen and oxygen atoms in total. The third kappa shape index (κ3) is 7.13. The molecule has 0 aliphatic carbocycles. The number of para-hydroxylation sites is 1. The minimum atomic E-state index is -1.11. The van der Waals surface area contributed by atoms with Crippen LogP contribution in [-0.4, -0.2) is 35.5 Å². The van der Waals surface area contributed by atoms with E-state index in [9.17, 15) is 9.59 Å². The maximum atomic E-state index is 13.1. The van der Waals surface area contributed by atoms with E-state index in [-0.39, 0.29) is 18.5 Å². The van der Waals surface area contributed by atoms with Crippen LogP contribution in [0, 0.1) is 5.41 Å². The van der Waals surface area contributed by atoms with Crippen molar-refractivity contribution in [2.45, 2.75) is 26.5 Å². The van der Waals surface area contributed by atoms with E-state index in [2.05, 4.69) is 10.6 Å². The Labute approximate surface area is 213 Å². The van der Waals surface area contributed by atoms with Crippen molar-refractivity contribution in [3.63, 3.8) is 0 Å². The number of hydrogen-bond donors (Lipinski definition) is 5. The molecule has 0 aliphatic heterocycles. The second kappa shape index (κ2) is 11.9. The summed E-state index contributed by atoms with van der Waals surface area (Å²) in [4.78, 5) is 24.1. The lowest BCUT2D eigenvalue weighted by Crippen LogP contribution is -2.16. The molecule has 0 saturated carbocycles. The number of anilines is 2. The van der Waals surface area contributed by atoms with Crippen LogP contribution < -0.4 is 25.8 Å². The zero-order valence-corrected chi connectivity index (χ0v) is 20.6. The summed E-state index contributed by atoms with van der Waals surface area (Å²) in [5.41, 5.74) is 8.01. The molecular weight excluding hydrogens is 484 g/mol. The molecule has 0 aromatic heterocycles. The number of ether oxygens (including phenoxy) is 2. The average Bonchev–Trinajstić information content (AvgIpc) is 2.82. The molecule has 0 bridgehead atoms. The van der Waals surface area contributed by atoms with E-state index in [1.807, 2.05) is 13.8 Å². The largest absolute Gasteiger partial charge is 0.487 e. The fourth-order valence-electron chi connectivity index (χ4n) is 3.33. The molecule has 36 heavy (non-hydrogen) atoms. The molecule has 0 fully saturated rings. The van der Waals surface area contributed by atoms with Crippen molar-refractivity contribution >= 4 is 40.7 Å². The van der Waals surface area contributed by atoms with Crippen molar-refractivity contribution in [1.29, 1.82) is 5.41 Å². The highest BCUT2D eigenvalue weighted by Crippen LogP contribution is 2.33. The van der Waals surface area contributed by atoms with Crippen LogP contribution in [0.4, 0.5) is 11.4 Å². The van der Waals surface area contributed by atoms with Gasteiger partial charge in [-0.05, 0) is 62.4 Å². The third-order valence-corrected chi connectivity index (χ3v) is 5.15. The van der Waals surface area contributed by atoms with Crippen molar-refractivity contribution in [3.8, 4) is 11.5 Å². The van der Waals surface area contributed by atoms with E-state index < -0.39 is 18.5 Å². The van der Waals surface area contributed by atoms with Crippen LogP contribution in [-0.2, 0) is 11.3 Å². The van der Waals surface area contributed by atoms with Crippen molar-refractivity contribution in [1.82, 2.24) is 0 Å². The molecule has 0 radical (unpaired) electrons. The van der Waals surface area contributed by atoms with Gasteiger partial charge in [0.15, 0.2) is 18.1 Å². The fraction of sp³-hybridized carbons (Fsp3) is 0.192. The number of aliphatic carboxylic acids is 1. The van der Waals surface area contributed by atoms with Crippen LogP contribution in [0.5, 0.6) is 11.5 Å². The molecule has 3 aromatic carbocycles. The van der Waals surface area contributed by atoms with Crippen LogP contribution in [0.25, 0.3) is 0 Å². The first-order valence-corrected chi connectivity index (χ1v) is 11.4. The predicted molar refractivity (Wildman–Crippen MR) is 140 cm³/mol. The number of amidine groups is 1. The van der Waals surface area contributed by atoms with E-state index in [4.69, 9.17) is 37.3 Å². The second-order valence-corrected chi connectivity index (χ2v) is 8.52. The maximum Gasteiger partial charge on any atom is 0.341 e. The predicted octanol–water partition coefficient (Wildman–Crippen LogP) is 4.74. The van der Waals surface area contributed by atoms with Crippen LogP contribution in [0.2, 0.25) is 5.02 Å². The first kappa shape index (κ1) is 26.4. The maximum absolute atomic E-state index is 13.1. The standard InChI is InChI=1S/C26H27ClN4O5/c1-15(2)36-22-5-3-4-17(24(22)35-14-23(32)33)13-30-21-11-8-18(27)12-20(21)26(34)31-19-9-6-16(7-10-19)25(28)29/h3-12,15,30H,13-14H2,1-2H3,(H3,28,29)(H,31,34)(H,32,33). The minimum absolute atomic E-state index is 0.0660. The number of carbonyl (C=O) groups is 2. The molecule has 0 saturated heterocycles. The van der Waals surface area contributed by atoms with Gasteiger partial charge in [-0.3, -0.25) is 10.2 Å². The molecule has 10 heteroatoms. The van der Waals surface area contributed by atoms with Gasteiger partial charge in [0.1, 0.15) is 5.84 Å². The van der Waals surface area contributed by atoms with Crippen LogP contribution in [0.15, 0.2) is 60.7 Å². The lowest BCUT2D eigenvalue weighted by molar-refractivity contribution is -0.139. The normalized spacial score (nSPS) is 10.6. The summed E-state index contributed by atoms with van der Waals surface area (Å²) in [6.45, 7) is 3.41. The molecule has 0 heterocycles. The van der Waals surface area contributed by atoms with E-state index >= 15 is 0 Å². The number of nitrogen functional groups attached to an aromatic ring is 1. The molecule has 188 valence electrons. The van der Waals surface area contributed by atoms with E-state index in [0.717, 1.165) is 0 Å². The summed E-state index contributed by atoms with van der Waals surface area (Å²) in [5, 5.41) is 23.0. The van der Waals surface area contributed by atoms with Gasteiger partial charge in [0, 0.05) is 34.1 Å². The van der Waals surface area contributed by atoms with E-state index in [1.54, 1.807) is 60.7 Å². The quantitative estimate of drug-likeness (QED) is 0.185. The Bertz CT molecular complexity index is 1260.